The van der Waals surface area contributed by atoms with E-state index in [1.54, 1.807) is 0 Å². The molecule has 3 nitrogen and oxygen atoms in total. The molecule has 2 atom stereocenters. The van der Waals surface area contributed by atoms with Crippen LogP contribution in [0.5, 0.6) is 0 Å². The smallest absolute Gasteiger partial charge is 0.102 e. The Hall–Kier alpha value is -0.900. The Morgan fingerprint density at radius 1 is 1.60 bits per heavy atom. The monoisotopic (exact) mass is 211 g/mol. The predicted molar refractivity (Wildman–Crippen MR) is 57.3 cm³/mol. The zero-order valence-corrected chi connectivity index (χ0v) is 9.33. The number of hydrogen-bond donors (Lipinski definition) is 1. The molecule has 0 unspecified atom stereocenters. The van der Waals surface area contributed by atoms with E-state index in [0.29, 0.717) is 18.9 Å². The molecule has 0 radical (unpaired) electrons. The molecule has 1 aliphatic rings. The molecule has 2 rings (SSSR count). The molecule has 1 aromatic rings. The maximum atomic E-state index is 12.9. The van der Waals surface area contributed by atoms with Gasteiger partial charge in [-0.15, -0.1) is 0 Å². The summed E-state index contributed by atoms with van der Waals surface area (Å²) in [7, 11) is 1.94. The first-order valence-electron chi connectivity index (χ1n) is 5.52. The molecular formula is C11H18FN3. The predicted octanol–water partition coefficient (Wildman–Crippen LogP) is 1.71. The lowest BCUT2D eigenvalue weighted by Gasteiger charge is -2.11. The number of halogens is 1. The highest BCUT2D eigenvalue weighted by Crippen LogP contribution is 2.22. The fraction of sp³-hybridized carbons (Fsp3) is 0.727. The van der Waals surface area contributed by atoms with Gasteiger partial charge in [0.15, 0.2) is 0 Å². The lowest BCUT2D eigenvalue weighted by Crippen LogP contribution is -2.27. The summed E-state index contributed by atoms with van der Waals surface area (Å²) in [6, 6.07) is 2.41. The third-order valence-corrected chi connectivity index (χ3v) is 3.04. The lowest BCUT2D eigenvalue weighted by molar-refractivity contribution is 0.333. The molecule has 0 saturated heterocycles. The third-order valence-electron chi connectivity index (χ3n) is 3.04. The van der Waals surface area contributed by atoms with E-state index in [4.69, 9.17) is 0 Å². The Morgan fingerprint density at radius 3 is 2.93 bits per heavy atom. The summed E-state index contributed by atoms with van der Waals surface area (Å²) in [6.07, 6.45) is 1.73. The van der Waals surface area contributed by atoms with E-state index in [1.807, 2.05) is 18.7 Å². The van der Waals surface area contributed by atoms with Crippen LogP contribution < -0.4 is 5.32 Å². The standard InChI is InChI=1S/C11H18FN3/c1-8-5-11(15(2)14-8)7-13-10-4-3-9(12)6-10/h5,9-10,13H,3-4,6-7H2,1-2H3/t9-,10+/m0/s1. The molecule has 0 aliphatic heterocycles. The Bertz CT molecular complexity index is 335. The van der Waals surface area contributed by atoms with Crippen LogP contribution in [0.2, 0.25) is 0 Å². The molecule has 15 heavy (non-hydrogen) atoms. The number of nitrogens with zero attached hydrogens (tertiary/aromatic N) is 2. The number of nitrogens with one attached hydrogen (secondary N) is 1. The van der Waals surface area contributed by atoms with Crippen molar-refractivity contribution in [3.05, 3.63) is 17.5 Å². The zero-order valence-electron chi connectivity index (χ0n) is 9.33. The fourth-order valence-electron chi connectivity index (χ4n) is 2.19. The van der Waals surface area contributed by atoms with Crippen molar-refractivity contribution >= 4 is 0 Å². The quantitative estimate of drug-likeness (QED) is 0.825. The molecule has 4 heteroatoms. The normalized spacial score (nSPS) is 26.1. The van der Waals surface area contributed by atoms with E-state index in [2.05, 4.69) is 16.5 Å². The van der Waals surface area contributed by atoms with Gasteiger partial charge in [-0.3, -0.25) is 4.68 Å². The average Bonchev–Trinajstić information content (AvgIpc) is 2.70. The summed E-state index contributed by atoms with van der Waals surface area (Å²) in [4.78, 5) is 0. The lowest BCUT2D eigenvalue weighted by atomic mass is 10.2. The molecule has 84 valence electrons. The Kier molecular flexibility index (Phi) is 3.05. The SMILES string of the molecule is Cc1cc(CN[C@@H]2CC[C@H](F)C2)n(C)n1. The number of alkyl halides is 1. The van der Waals surface area contributed by atoms with E-state index < -0.39 is 6.17 Å². The zero-order chi connectivity index (χ0) is 10.8. The summed E-state index contributed by atoms with van der Waals surface area (Å²) < 4.78 is 14.8. The van der Waals surface area contributed by atoms with Crippen LogP contribution in [0.4, 0.5) is 4.39 Å². The minimum Gasteiger partial charge on any atom is -0.308 e. The molecule has 1 fully saturated rings. The van der Waals surface area contributed by atoms with Gasteiger partial charge in [0.1, 0.15) is 6.17 Å². The van der Waals surface area contributed by atoms with Gasteiger partial charge in [0.05, 0.1) is 11.4 Å². The fourth-order valence-corrected chi connectivity index (χ4v) is 2.19. The van der Waals surface area contributed by atoms with Crippen LogP contribution in [0.1, 0.15) is 30.7 Å². The van der Waals surface area contributed by atoms with Crippen molar-refractivity contribution in [1.82, 2.24) is 15.1 Å². The Balaban J connectivity index is 1.85. The van der Waals surface area contributed by atoms with E-state index >= 15 is 0 Å². The van der Waals surface area contributed by atoms with Gasteiger partial charge in [0.25, 0.3) is 0 Å². The maximum absolute atomic E-state index is 12.9. The molecule has 0 amide bonds. The molecule has 1 heterocycles. The highest BCUT2D eigenvalue weighted by atomic mass is 19.1. The first-order valence-corrected chi connectivity index (χ1v) is 5.52. The number of hydrogen-bond acceptors (Lipinski definition) is 2. The summed E-state index contributed by atoms with van der Waals surface area (Å²) >= 11 is 0. The molecule has 0 bridgehead atoms. The van der Waals surface area contributed by atoms with Gasteiger partial charge in [-0.1, -0.05) is 0 Å². The van der Waals surface area contributed by atoms with Gasteiger partial charge in [0.2, 0.25) is 0 Å². The molecule has 1 aromatic heterocycles. The molecule has 0 aromatic carbocycles. The second-order valence-electron chi connectivity index (χ2n) is 4.39. The van der Waals surface area contributed by atoms with Gasteiger partial charge in [-0.2, -0.15) is 5.10 Å². The van der Waals surface area contributed by atoms with Crippen LogP contribution >= 0.6 is 0 Å². The minimum atomic E-state index is -0.601. The molecule has 0 spiro atoms. The van der Waals surface area contributed by atoms with Crippen LogP contribution in [0, 0.1) is 6.92 Å². The van der Waals surface area contributed by atoms with E-state index in [9.17, 15) is 4.39 Å². The topological polar surface area (TPSA) is 29.9 Å². The highest BCUT2D eigenvalue weighted by molar-refractivity contribution is 5.08. The number of rotatable bonds is 3. The van der Waals surface area contributed by atoms with E-state index in [-0.39, 0.29) is 0 Å². The van der Waals surface area contributed by atoms with Crippen LogP contribution in [0.25, 0.3) is 0 Å². The van der Waals surface area contributed by atoms with Crippen molar-refractivity contribution in [2.45, 2.75) is 44.9 Å². The van der Waals surface area contributed by atoms with Crippen molar-refractivity contribution < 1.29 is 4.39 Å². The van der Waals surface area contributed by atoms with Crippen molar-refractivity contribution in [3.63, 3.8) is 0 Å². The van der Waals surface area contributed by atoms with Gasteiger partial charge in [-0.25, -0.2) is 4.39 Å². The number of aromatic nitrogens is 2. The maximum Gasteiger partial charge on any atom is 0.102 e. The van der Waals surface area contributed by atoms with Gasteiger partial charge >= 0.3 is 0 Å². The van der Waals surface area contributed by atoms with Crippen LogP contribution in [0.15, 0.2) is 6.07 Å². The van der Waals surface area contributed by atoms with E-state index in [0.717, 1.165) is 24.4 Å². The van der Waals surface area contributed by atoms with Gasteiger partial charge < -0.3 is 5.32 Å². The molecular weight excluding hydrogens is 193 g/mol. The average molecular weight is 211 g/mol. The second kappa shape index (κ2) is 4.31. The molecule has 1 aliphatic carbocycles. The number of aryl methyl sites for hydroxylation is 2. The highest BCUT2D eigenvalue weighted by Gasteiger charge is 2.23. The van der Waals surface area contributed by atoms with Crippen LogP contribution in [-0.2, 0) is 13.6 Å². The first-order chi connectivity index (χ1) is 7.15. The summed E-state index contributed by atoms with van der Waals surface area (Å²) in [5.74, 6) is 0. The van der Waals surface area contributed by atoms with Crippen molar-refractivity contribution in [1.29, 1.82) is 0 Å². The summed E-state index contributed by atoms with van der Waals surface area (Å²) in [5.41, 5.74) is 2.19. The molecule has 1 saturated carbocycles. The van der Waals surface area contributed by atoms with Gasteiger partial charge in [-0.05, 0) is 32.3 Å². The van der Waals surface area contributed by atoms with Gasteiger partial charge in [0, 0.05) is 19.6 Å². The van der Waals surface area contributed by atoms with E-state index in [1.165, 1.54) is 0 Å². The third kappa shape index (κ3) is 2.56. The second-order valence-corrected chi connectivity index (χ2v) is 4.39. The summed E-state index contributed by atoms with van der Waals surface area (Å²) in [5, 5.41) is 7.66. The largest absolute Gasteiger partial charge is 0.308 e. The van der Waals surface area contributed by atoms with Crippen molar-refractivity contribution in [2.24, 2.45) is 7.05 Å². The van der Waals surface area contributed by atoms with Crippen molar-refractivity contribution in [3.8, 4) is 0 Å². The Morgan fingerprint density at radius 2 is 2.40 bits per heavy atom. The first kappa shape index (κ1) is 10.6. The van der Waals surface area contributed by atoms with Crippen molar-refractivity contribution in [2.75, 3.05) is 0 Å². The van der Waals surface area contributed by atoms with Crippen LogP contribution in [-0.4, -0.2) is 22.0 Å². The summed E-state index contributed by atoms with van der Waals surface area (Å²) in [6.45, 7) is 2.77. The molecule has 1 N–H and O–H groups in total. The van der Waals surface area contributed by atoms with Crippen LogP contribution in [0.3, 0.4) is 0 Å². The minimum absolute atomic E-state index is 0.343. The Labute approximate surface area is 89.7 Å².